The molecule has 7 heteroatoms. The minimum atomic E-state index is -0.343. The first-order valence-corrected chi connectivity index (χ1v) is 7.50. The van der Waals surface area contributed by atoms with Crippen molar-refractivity contribution in [3.63, 3.8) is 0 Å². The highest BCUT2D eigenvalue weighted by Crippen LogP contribution is 2.22. The highest BCUT2D eigenvalue weighted by atomic mass is 35.5. The zero-order valence-corrected chi connectivity index (χ0v) is 14.4. The minimum Gasteiger partial charge on any atom is -0.497 e. The van der Waals surface area contributed by atoms with Crippen molar-refractivity contribution in [2.45, 2.75) is 32.2 Å². The maximum absolute atomic E-state index is 11.9. The van der Waals surface area contributed by atoms with Crippen molar-refractivity contribution in [3.8, 4) is 5.75 Å². The van der Waals surface area contributed by atoms with Gasteiger partial charge in [0.05, 0.1) is 26.2 Å². The van der Waals surface area contributed by atoms with Crippen molar-refractivity contribution in [1.82, 2.24) is 10.6 Å². The molecule has 4 N–H and O–H groups in total. The molecule has 0 heterocycles. The number of hydrogen-bond donors (Lipinski definition) is 3. The molecule has 1 aromatic rings. The van der Waals surface area contributed by atoms with Gasteiger partial charge in [0.15, 0.2) is 0 Å². The Bertz CT molecular complexity index is 480. The SMILES string of the molecule is CCCCC(NC(=O)CNC(=O)CN)c1ccc(OC)cc1.Cl. The van der Waals surface area contributed by atoms with Crippen LogP contribution in [0, 0.1) is 0 Å². The summed E-state index contributed by atoms with van der Waals surface area (Å²) in [5, 5.41) is 5.42. The van der Waals surface area contributed by atoms with Gasteiger partial charge < -0.3 is 21.1 Å². The summed E-state index contributed by atoms with van der Waals surface area (Å²) in [5.41, 5.74) is 6.21. The summed E-state index contributed by atoms with van der Waals surface area (Å²) in [6, 6.07) is 7.55. The lowest BCUT2D eigenvalue weighted by molar-refractivity contribution is -0.125. The molecular weight excluding hydrogens is 318 g/mol. The molecule has 130 valence electrons. The van der Waals surface area contributed by atoms with Crippen LogP contribution in [0.3, 0.4) is 0 Å². The highest BCUT2D eigenvalue weighted by molar-refractivity contribution is 5.85. The van der Waals surface area contributed by atoms with Crippen LogP contribution in [0.5, 0.6) is 5.75 Å². The van der Waals surface area contributed by atoms with E-state index < -0.39 is 0 Å². The fraction of sp³-hybridized carbons (Fsp3) is 0.500. The normalized spacial score (nSPS) is 11.1. The minimum absolute atomic E-state index is 0. The van der Waals surface area contributed by atoms with Gasteiger partial charge in [-0.2, -0.15) is 0 Å². The second kappa shape index (κ2) is 11.7. The number of amides is 2. The van der Waals surface area contributed by atoms with Crippen LogP contribution in [-0.2, 0) is 9.59 Å². The molecule has 1 unspecified atom stereocenters. The average Bonchev–Trinajstić information content (AvgIpc) is 2.56. The molecule has 0 fully saturated rings. The number of halogens is 1. The van der Waals surface area contributed by atoms with Gasteiger partial charge in [0, 0.05) is 0 Å². The monoisotopic (exact) mass is 343 g/mol. The summed E-state index contributed by atoms with van der Waals surface area (Å²) in [6.45, 7) is 1.92. The Hall–Kier alpha value is -1.79. The summed E-state index contributed by atoms with van der Waals surface area (Å²) in [5.74, 6) is 0.211. The van der Waals surface area contributed by atoms with Gasteiger partial charge in [0.25, 0.3) is 0 Å². The van der Waals surface area contributed by atoms with Gasteiger partial charge in [-0.25, -0.2) is 0 Å². The van der Waals surface area contributed by atoms with Crippen LogP contribution < -0.4 is 21.1 Å². The molecule has 0 saturated carbocycles. The molecule has 1 atom stereocenters. The Morgan fingerprint density at radius 3 is 2.39 bits per heavy atom. The Balaban J connectivity index is 0.00000484. The van der Waals surface area contributed by atoms with E-state index in [1.165, 1.54) is 0 Å². The lowest BCUT2D eigenvalue weighted by atomic mass is 10.0. The van der Waals surface area contributed by atoms with E-state index in [4.69, 9.17) is 10.5 Å². The van der Waals surface area contributed by atoms with Gasteiger partial charge in [-0.15, -0.1) is 12.4 Å². The second-order valence-corrected chi connectivity index (χ2v) is 5.02. The molecule has 1 rings (SSSR count). The smallest absolute Gasteiger partial charge is 0.239 e. The van der Waals surface area contributed by atoms with Crippen molar-refractivity contribution in [3.05, 3.63) is 29.8 Å². The van der Waals surface area contributed by atoms with Crippen LogP contribution in [0.25, 0.3) is 0 Å². The van der Waals surface area contributed by atoms with E-state index in [-0.39, 0.29) is 43.4 Å². The van der Waals surface area contributed by atoms with E-state index in [0.29, 0.717) is 0 Å². The van der Waals surface area contributed by atoms with Crippen LogP contribution >= 0.6 is 12.4 Å². The van der Waals surface area contributed by atoms with E-state index in [9.17, 15) is 9.59 Å². The van der Waals surface area contributed by atoms with E-state index in [1.807, 2.05) is 24.3 Å². The third-order valence-electron chi connectivity index (χ3n) is 3.33. The molecule has 6 nitrogen and oxygen atoms in total. The Kier molecular flexibility index (Phi) is 10.8. The van der Waals surface area contributed by atoms with Crippen molar-refractivity contribution >= 4 is 24.2 Å². The maximum atomic E-state index is 11.9. The molecule has 2 amide bonds. The van der Waals surface area contributed by atoms with E-state index in [0.717, 1.165) is 30.6 Å². The molecule has 0 saturated heterocycles. The summed E-state index contributed by atoms with van der Waals surface area (Å²) >= 11 is 0. The van der Waals surface area contributed by atoms with E-state index >= 15 is 0 Å². The molecule has 0 spiro atoms. The first-order valence-electron chi connectivity index (χ1n) is 7.50. The summed E-state index contributed by atoms with van der Waals surface area (Å²) in [7, 11) is 1.62. The summed E-state index contributed by atoms with van der Waals surface area (Å²) in [6.07, 6.45) is 2.90. The van der Waals surface area contributed by atoms with Crippen LogP contribution in [0.2, 0.25) is 0 Å². The fourth-order valence-corrected chi connectivity index (χ4v) is 2.06. The van der Waals surface area contributed by atoms with Crippen molar-refractivity contribution < 1.29 is 14.3 Å². The van der Waals surface area contributed by atoms with Crippen LogP contribution in [0.1, 0.15) is 37.8 Å². The van der Waals surface area contributed by atoms with Crippen LogP contribution in [0.15, 0.2) is 24.3 Å². The topological polar surface area (TPSA) is 93.5 Å². The summed E-state index contributed by atoms with van der Waals surface area (Å²) in [4.78, 5) is 23.0. The molecule has 1 aromatic carbocycles. The Morgan fingerprint density at radius 2 is 1.87 bits per heavy atom. The molecule has 23 heavy (non-hydrogen) atoms. The fourth-order valence-electron chi connectivity index (χ4n) is 2.06. The molecular formula is C16H26ClN3O3. The van der Waals surface area contributed by atoms with Crippen molar-refractivity contribution in [1.29, 1.82) is 0 Å². The van der Waals surface area contributed by atoms with Crippen LogP contribution in [0.4, 0.5) is 0 Å². The number of unbranched alkanes of at least 4 members (excludes halogenated alkanes) is 1. The molecule has 0 aliphatic carbocycles. The van der Waals surface area contributed by atoms with Crippen LogP contribution in [-0.4, -0.2) is 32.0 Å². The van der Waals surface area contributed by atoms with Crippen molar-refractivity contribution in [2.75, 3.05) is 20.2 Å². The number of nitrogens with one attached hydrogen (secondary N) is 2. The largest absolute Gasteiger partial charge is 0.497 e. The molecule has 0 radical (unpaired) electrons. The van der Waals surface area contributed by atoms with E-state index in [1.54, 1.807) is 7.11 Å². The quantitative estimate of drug-likeness (QED) is 0.634. The number of methoxy groups -OCH3 is 1. The number of ether oxygens (including phenoxy) is 1. The summed E-state index contributed by atoms with van der Waals surface area (Å²) < 4.78 is 5.14. The predicted molar refractivity (Wildman–Crippen MR) is 92.7 cm³/mol. The van der Waals surface area contributed by atoms with Gasteiger partial charge in [-0.1, -0.05) is 31.9 Å². The average molecular weight is 344 g/mol. The van der Waals surface area contributed by atoms with Gasteiger partial charge >= 0.3 is 0 Å². The Labute approximate surface area is 143 Å². The van der Waals surface area contributed by atoms with Crippen molar-refractivity contribution in [2.24, 2.45) is 5.73 Å². The van der Waals surface area contributed by atoms with Gasteiger partial charge in [-0.05, 0) is 24.1 Å². The number of carbonyl (C=O) groups is 2. The first-order chi connectivity index (χ1) is 10.6. The number of hydrogen-bond acceptors (Lipinski definition) is 4. The lowest BCUT2D eigenvalue weighted by Crippen LogP contribution is -2.40. The number of carbonyl (C=O) groups excluding carboxylic acids is 2. The van der Waals surface area contributed by atoms with E-state index in [2.05, 4.69) is 17.6 Å². The highest BCUT2D eigenvalue weighted by Gasteiger charge is 2.14. The number of benzene rings is 1. The first kappa shape index (κ1) is 21.2. The Morgan fingerprint density at radius 1 is 1.22 bits per heavy atom. The van der Waals surface area contributed by atoms with Gasteiger partial charge in [0.1, 0.15) is 5.75 Å². The standard InChI is InChI=1S/C16H25N3O3.ClH/c1-3-4-5-14(12-6-8-13(22-2)9-7-12)19-16(21)11-18-15(20)10-17;/h6-9,14H,3-5,10-11,17H2,1-2H3,(H,18,20)(H,19,21);1H. The van der Waals surface area contributed by atoms with Gasteiger partial charge in [0.2, 0.25) is 11.8 Å². The zero-order valence-electron chi connectivity index (χ0n) is 13.6. The number of rotatable bonds is 9. The maximum Gasteiger partial charge on any atom is 0.239 e. The lowest BCUT2D eigenvalue weighted by Gasteiger charge is -2.19. The second-order valence-electron chi connectivity index (χ2n) is 5.02. The molecule has 0 aromatic heterocycles. The number of nitrogens with two attached hydrogens (primary N) is 1. The third-order valence-corrected chi connectivity index (χ3v) is 3.33. The third kappa shape index (κ3) is 7.85. The zero-order chi connectivity index (χ0) is 16.4. The van der Waals surface area contributed by atoms with Gasteiger partial charge in [-0.3, -0.25) is 9.59 Å². The molecule has 0 aliphatic heterocycles. The predicted octanol–water partition coefficient (Wildman–Crippen LogP) is 1.54. The molecule has 0 bridgehead atoms. The molecule has 0 aliphatic rings.